The van der Waals surface area contributed by atoms with Crippen molar-refractivity contribution in [2.75, 3.05) is 43.7 Å². The zero-order valence-electron chi connectivity index (χ0n) is 27.9. The number of nitrogens with one attached hydrogen (secondary N) is 2. The summed E-state index contributed by atoms with van der Waals surface area (Å²) in [5.41, 5.74) is -0.786. The number of aliphatic hydroxyl groups is 3. The summed E-state index contributed by atoms with van der Waals surface area (Å²) < 4.78 is 40.8. The number of aliphatic hydroxyl groups excluding tert-OH is 2. The summed E-state index contributed by atoms with van der Waals surface area (Å²) in [5.74, 6) is -8.43. The Morgan fingerprint density at radius 3 is 2.16 bits per heavy atom. The van der Waals surface area contributed by atoms with Crippen molar-refractivity contribution >= 4 is 57.9 Å². The highest BCUT2D eigenvalue weighted by molar-refractivity contribution is 6.30. The lowest BCUT2D eigenvalue weighted by atomic mass is 9.57. The number of likely N-dealkylation sites (N-methyl/N-ethyl adjacent to an activating group) is 1. The van der Waals surface area contributed by atoms with Gasteiger partial charge in [0.25, 0.3) is 5.91 Å². The molecule has 3 aliphatic rings. The van der Waals surface area contributed by atoms with Crippen LogP contribution in [0.3, 0.4) is 0 Å². The molecule has 2 aromatic carbocycles. The first-order chi connectivity index (χ1) is 23.2. The first-order valence-electron chi connectivity index (χ1n) is 15.4. The molecular weight excluding hydrogens is 687 g/mol. The van der Waals surface area contributed by atoms with E-state index in [1.54, 1.807) is 19.0 Å². The summed E-state index contributed by atoms with van der Waals surface area (Å²) >= 11 is 5.71. The van der Waals surface area contributed by atoms with E-state index >= 15 is 0 Å². The third-order valence-corrected chi connectivity index (χ3v) is 9.20. The normalized spacial score (nSPS) is 23.0. The molecule has 0 aliphatic heterocycles. The molecule has 0 radical (unpaired) electrons. The lowest BCUT2D eigenvalue weighted by Crippen LogP contribution is -2.65. The number of ketones is 2. The SMILES string of the molecule is CC.CN(C)c1cc(NC(=O)Nc2ccc(Cl)cc2C(F)(F)F)c(O)c2c1C[C@H]1C[C@H]3[C@H](N(C)C)C(=O)C(C(N)=O)=C(O)[C@@]3(O)C(=O)C1=C2O. The number of aromatic hydroxyl groups is 1. The van der Waals surface area contributed by atoms with Crippen LogP contribution in [0.2, 0.25) is 5.02 Å². The van der Waals surface area contributed by atoms with E-state index in [2.05, 4.69) is 10.6 Å². The van der Waals surface area contributed by atoms with Crippen molar-refractivity contribution < 1.29 is 52.8 Å². The Kier molecular flexibility index (Phi) is 10.3. The van der Waals surface area contributed by atoms with Crippen molar-refractivity contribution in [1.82, 2.24) is 4.90 Å². The molecule has 0 aromatic heterocycles. The Balaban J connectivity index is 0.00000276. The highest BCUT2D eigenvalue weighted by atomic mass is 35.5. The maximum Gasteiger partial charge on any atom is 0.418 e. The number of alkyl halides is 3. The van der Waals surface area contributed by atoms with Gasteiger partial charge in [-0.15, -0.1) is 0 Å². The average Bonchev–Trinajstić information content (AvgIpc) is 3.01. The van der Waals surface area contributed by atoms with Gasteiger partial charge in [0.15, 0.2) is 17.1 Å². The number of phenols is 1. The molecule has 3 aliphatic carbocycles. The molecule has 0 heterocycles. The number of phenolic OH excluding ortho intramolecular Hbond substituents is 1. The molecule has 3 amide bonds. The number of nitrogens with two attached hydrogens (primary N) is 1. The molecule has 0 spiro atoms. The summed E-state index contributed by atoms with van der Waals surface area (Å²) in [6, 6.07) is 1.56. The van der Waals surface area contributed by atoms with E-state index in [1.807, 2.05) is 13.8 Å². The fourth-order valence-corrected chi connectivity index (χ4v) is 7.09. The second-order valence-corrected chi connectivity index (χ2v) is 12.7. The van der Waals surface area contributed by atoms with Gasteiger partial charge in [0.05, 0.1) is 28.5 Å². The minimum absolute atomic E-state index is 0.0260. The Morgan fingerprint density at radius 1 is 1.02 bits per heavy atom. The van der Waals surface area contributed by atoms with E-state index in [0.717, 1.165) is 12.1 Å². The van der Waals surface area contributed by atoms with Crippen molar-refractivity contribution in [2.45, 2.75) is 44.5 Å². The zero-order chi connectivity index (χ0) is 37.8. The molecule has 0 bridgehead atoms. The summed E-state index contributed by atoms with van der Waals surface area (Å²) in [7, 11) is 6.18. The monoisotopic (exact) mass is 723 g/mol. The Labute approximate surface area is 289 Å². The molecule has 13 nitrogen and oxygen atoms in total. The van der Waals surface area contributed by atoms with E-state index in [9.17, 15) is 52.8 Å². The van der Waals surface area contributed by atoms with Gasteiger partial charge in [-0.25, -0.2) is 4.79 Å². The zero-order valence-corrected chi connectivity index (χ0v) is 28.6. The highest BCUT2D eigenvalue weighted by Gasteiger charge is 2.64. The van der Waals surface area contributed by atoms with Crippen LogP contribution in [0.4, 0.5) is 35.0 Å². The maximum absolute atomic E-state index is 14.1. The number of primary amides is 1. The molecular formula is C33H37ClF3N5O8. The Bertz CT molecular complexity index is 1860. The molecule has 4 atom stereocenters. The van der Waals surface area contributed by atoms with Gasteiger partial charge in [-0.1, -0.05) is 25.4 Å². The number of hydrogen-bond acceptors (Lipinski definition) is 10. The number of hydrogen-bond donors (Lipinski definition) is 7. The number of amides is 3. The fourth-order valence-electron chi connectivity index (χ4n) is 6.92. The molecule has 270 valence electrons. The Morgan fingerprint density at radius 2 is 1.62 bits per heavy atom. The van der Waals surface area contributed by atoms with E-state index in [1.165, 1.54) is 25.1 Å². The number of nitrogens with zero attached hydrogens (tertiary/aromatic N) is 2. The molecule has 8 N–H and O–H groups in total. The number of halogens is 4. The first kappa shape index (κ1) is 38.0. The van der Waals surface area contributed by atoms with Crippen LogP contribution in [0.25, 0.3) is 5.76 Å². The topological polar surface area (TPSA) is 206 Å². The number of fused-ring (bicyclic) bond motifs is 3. The second kappa shape index (κ2) is 13.5. The Hall–Kier alpha value is -4.80. The summed E-state index contributed by atoms with van der Waals surface area (Å²) in [6.45, 7) is 4.00. The molecule has 2 aromatic rings. The van der Waals surface area contributed by atoms with E-state index in [-0.39, 0.29) is 29.1 Å². The number of rotatable bonds is 5. The van der Waals surface area contributed by atoms with Crippen molar-refractivity contribution in [1.29, 1.82) is 0 Å². The third kappa shape index (κ3) is 6.11. The molecule has 1 saturated carbocycles. The van der Waals surface area contributed by atoms with Crippen molar-refractivity contribution in [3.63, 3.8) is 0 Å². The van der Waals surface area contributed by atoms with Gasteiger partial charge >= 0.3 is 12.2 Å². The van der Waals surface area contributed by atoms with Gasteiger partial charge in [0, 0.05) is 36.3 Å². The third-order valence-electron chi connectivity index (χ3n) is 8.96. The molecule has 0 unspecified atom stereocenters. The van der Waals surface area contributed by atoms with Gasteiger partial charge in [-0.3, -0.25) is 19.3 Å². The summed E-state index contributed by atoms with van der Waals surface area (Å²) in [5, 5.41) is 49.8. The van der Waals surface area contributed by atoms with Gasteiger partial charge in [0.1, 0.15) is 17.1 Å². The second-order valence-electron chi connectivity index (χ2n) is 12.3. The number of carbonyl (C=O) groups excluding carboxylic acids is 4. The van der Waals surface area contributed by atoms with Crippen molar-refractivity contribution in [3.05, 3.63) is 62.9 Å². The standard InChI is InChI=1S/C31H31ClF3N5O8.C2H6/c1-39(2)18-10-17(38-29(47)37-16-6-5-12(32)9-14(16)31(33,34)35)23(41)20-13(18)7-11-8-15-22(40(3)4)25(43)21(28(36)46)27(45)30(15,48)26(44)19(11)24(20)42;1-2/h5-6,9-11,15,22,41-42,45,48H,7-8H2,1-4H3,(H2,36,46)(H2,37,38,47);1-2H3/t11-,15-,22-,30-;/m0./s1. The minimum atomic E-state index is -4.87. The van der Waals surface area contributed by atoms with Crippen molar-refractivity contribution in [3.8, 4) is 5.75 Å². The number of urea groups is 1. The van der Waals surface area contributed by atoms with Crippen LogP contribution in [-0.2, 0) is 27.0 Å². The van der Waals surface area contributed by atoms with Gasteiger partial charge in [0.2, 0.25) is 5.78 Å². The summed E-state index contributed by atoms with van der Waals surface area (Å²) in [6.07, 6.45) is -5.03. The minimum Gasteiger partial charge on any atom is -0.508 e. The molecule has 0 saturated heterocycles. The average molecular weight is 724 g/mol. The number of carbonyl (C=O) groups is 4. The van der Waals surface area contributed by atoms with Crippen LogP contribution in [-0.4, -0.2) is 88.7 Å². The van der Waals surface area contributed by atoms with E-state index in [4.69, 9.17) is 17.3 Å². The predicted molar refractivity (Wildman–Crippen MR) is 179 cm³/mol. The number of Topliss-reactive ketones (excluding diaryl/α,β-unsaturated/α-hetero) is 2. The van der Waals surface area contributed by atoms with E-state index in [0.29, 0.717) is 17.3 Å². The maximum atomic E-state index is 14.1. The predicted octanol–water partition coefficient (Wildman–Crippen LogP) is 4.37. The van der Waals surface area contributed by atoms with Gasteiger partial charge in [-0.05, 0) is 62.7 Å². The van der Waals surface area contributed by atoms with Crippen LogP contribution in [0, 0.1) is 11.8 Å². The molecule has 1 fully saturated rings. The van der Waals surface area contributed by atoms with Crippen LogP contribution in [0.15, 0.2) is 41.2 Å². The lowest BCUT2D eigenvalue weighted by molar-refractivity contribution is -0.153. The van der Waals surface area contributed by atoms with Gasteiger partial charge in [-0.2, -0.15) is 13.2 Å². The molecule has 50 heavy (non-hydrogen) atoms. The largest absolute Gasteiger partial charge is 0.508 e. The van der Waals surface area contributed by atoms with Crippen LogP contribution in [0.5, 0.6) is 5.75 Å². The first-order valence-corrected chi connectivity index (χ1v) is 15.7. The quantitative estimate of drug-likeness (QED) is 0.171. The smallest absolute Gasteiger partial charge is 0.418 e. The summed E-state index contributed by atoms with van der Waals surface area (Å²) in [4.78, 5) is 55.5. The molecule has 17 heteroatoms. The lowest BCUT2D eigenvalue weighted by Gasteiger charge is -2.50. The van der Waals surface area contributed by atoms with Crippen LogP contribution in [0.1, 0.15) is 37.0 Å². The molecule has 5 rings (SSSR count). The van der Waals surface area contributed by atoms with Crippen molar-refractivity contribution in [2.24, 2.45) is 17.6 Å². The fraction of sp³-hybridized carbons (Fsp3) is 0.394. The number of benzene rings is 2. The van der Waals surface area contributed by atoms with Crippen LogP contribution < -0.4 is 21.3 Å². The van der Waals surface area contributed by atoms with E-state index < -0.39 is 92.8 Å². The van der Waals surface area contributed by atoms with Crippen LogP contribution >= 0.6 is 11.6 Å². The number of anilines is 3. The van der Waals surface area contributed by atoms with Gasteiger partial charge < -0.3 is 41.7 Å². The highest BCUT2D eigenvalue weighted by Crippen LogP contribution is 2.54.